The van der Waals surface area contributed by atoms with Crippen LogP contribution in [0.4, 0.5) is 0 Å². The highest BCUT2D eigenvalue weighted by molar-refractivity contribution is 5.51. The number of fused-ring (bicyclic) bond motifs is 1. The van der Waals surface area contributed by atoms with Crippen LogP contribution in [-0.4, -0.2) is 48.4 Å². The van der Waals surface area contributed by atoms with Gasteiger partial charge in [-0.3, -0.25) is 0 Å². The molecule has 1 aliphatic rings. The van der Waals surface area contributed by atoms with Gasteiger partial charge in [0.2, 0.25) is 0 Å². The van der Waals surface area contributed by atoms with E-state index in [1.54, 1.807) is 7.11 Å². The number of hydrogen-bond acceptors (Lipinski definition) is 5. The van der Waals surface area contributed by atoms with E-state index in [1.165, 1.54) is 0 Å². The van der Waals surface area contributed by atoms with Crippen molar-refractivity contribution in [2.75, 3.05) is 33.9 Å². The topological polar surface area (TPSA) is 48.8 Å². The Hall–Kier alpha value is -2.21. The lowest BCUT2D eigenvalue weighted by Crippen LogP contribution is -2.23. The molecule has 0 spiro atoms. The van der Waals surface area contributed by atoms with Crippen molar-refractivity contribution in [1.29, 1.82) is 0 Å². The molecule has 130 valence electrons. The molecule has 1 aliphatic heterocycles. The largest absolute Gasteiger partial charge is 0.496 e. The number of imidazole rings is 1. The summed E-state index contributed by atoms with van der Waals surface area (Å²) in [5, 5.41) is 0. The van der Waals surface area contributed by atoms with E-state index in [0.29, 0.717) is 13.2 Å². The van der Waals surface area contributed by atoms with Gasteiger partial charge in [0.1, 0.15) is 11.6 Å². The molecule has 0 saturated heterocycles. The fourth-order valence-corrected chi connectivity index (χ4v) is 2.83. The minimum absolute atomic E-state index is 0.680. The Morgan fingerprint density at radius 1 is 1.25 bits per heavy atom. The van der Waals surface area contributed by atoms with Crippen molar-refractivity contribution >= 4 is 0 Å². The number of likely N-dealkylation sites (N-methyl/N-ethyl adjacent to an activating group) is 1. The average molecular weight is 331 g/mol. The number of hydrogen-bond donors (Lipinski definition) is 0. The summed E-state index contributed by atoms with van der Waals surface area (Å²) in [7, 11) is 3.80. The van der Waals surface area contributed by atoms with Gasteiger partial charge in [-0.1, -0.05) is 0 Å². The number of aromatic nitrogens is 2. The van der Waals surface area contributed by atoms with Crippen molar-refractivity contribution in [1.82, 2.24) is 14.5 Å². The van der Waals surface area contributed by atoms with Crippen molar-refractivity contribution < 1.29 is 14.2 Å². The summed E-state index contributed by atoms with van der Waals surface area (Å²) < 4.78 is 19.2. The van der Waals surface area contributed by atoms with E-state index in [2.05, 4.69) is 21.5 Å². The molecule has 6 nitrogen and oxygen atoms in total. The zero-order valence-corrected chi connectivity index (χ0v) is 14.6. The third-order valence-corrected chi connectivity index (χ3v) is 4.24. The molecule has 2 heterocycles. The molecule has 0 unspecified atom stereocenters. The van der Waals surface area contributed by atoms with Crippen molar-refractivity contribution in [2.24, 2.45) is 0 Å². The van der Waals surface area contributed by atoms with Crippen LogP contribution in [0.3, 0.4) is 0 Å². The van der Waals surface area contributed by atoms with Gasteiger partial charge in [0.15, 0.2) is 11.5 Å². The SMILES string of the molecule is COc1cc2c(cc1CN(C)CCn1ccnc1C)OCCCO2. The van der Waals surface area contributed by atoms with E-state index in [4.69, 9.17) is 14.2 Å². The van der Waals surface area contributed by atoms with Crippen LogP contribution in [-0.2, 0) is 13.1 Å². The molecule has 0 atom stereocenters. The maximum absolute atomic E-state index is 5.79. The van der Waals surface area contributed by atoms with Gasteiger partial charge >= 0.3 is 0 Å². The second kappa shape index (κ2) is 7.57. The van der Waals surface area contributed by atoms with Crippen LogP contribution in [0.15, 0.2) is 24.5 Å². The number of methoxy groups -OCH3 is 1. The molecule has 0 fully saturated rings. The number of nitrogens with zero attached hydrogens (tertiary/aromatic N) is 3. The van der Waals surface area contributed by atoms with Crippen LogP contribution < -0.4 is 14.2 Å². The monoisotopic (exact) mass is 331 g/mol. The minimum atomic E-state index is 0.680. The molecule has 24 heavy (non-hydrogen) atoms. The fourth-order valence-electron chi connectivity index (χ4n) is 2.83. The molecule has 0 amide bonds. The smallest absolute Gasteiger partial charge is 0.164 e. The van der Waals surface area contributed by atoms with Gasteiger partial charge in [-0.15, -0.1) is 0 Å². The molecule has 0 N–H and O–H groups in total. The Morgan fingerprint density at radius 3 is 2.67 bits per heavy atom. The third-order valence-electron chi connectivity index (χ3n) is 4.24. The molecule has 1 aromatic heterocycles. The van der Waals surface area contributed by atoms with Gasteiger partial charge in [-0.2, -0.15) is 0 Å². The molecular weight excluding hydrogens is 306 g/mol. The van der Waals surface area contributed by atoms with E-state index in [0.717, 1.165) is 54.7 Å². The molecule has 2 aromatic rings. The predicted molar refractivity (Wildman–Crippen MR) is 91.9 cm³/mol. The Balaban J connectivity index is 1.69. The van der Waals surface area contributed by atoms with Gasteiger partial charge in [0.25, 0.3) is 0 Å². The molecule has 0 radical (unpaired) electrons. The molecule has 0 saturated carbocycles. The minimum Gasteiger partial charge on any atom is -0.496 e. The molecule has 6 heteroatoms. The lowest BCUT2D eigenvalue weighted by atomic mass is 10.1. The Bertz CT molecular complexity index is 684. The summed E-state index contributed by atoms with van der Waals surface area (Å²) in [5.41, 5.74) is 1.10. The predicted octanol–water partition coefficient (Wildman–Crippen LogP) is 2.49. The summed E-state index contributed by atoms with van der Waals surface area (Å²) >= 11 is 0. The zero-order chi connectivity index (χ0) is 16.9. The second-order valence-electron chi connectivity index (χ2n) is 6.07. The lowest BCUT2D eigenvalue weighted by molar-refractivity contribution is 0.296. The third kappa shape index (κ3) is 3.82. The van der Waals surface area contributed by atoms with Gasteiger partial charge < -0.3 is 23.7 Å². The van der Waals surface area contributed by atoms with Crippen LogP contribution in [0.1, 0.15) is 17.8 Å². The van der Waals surface area contributed by atoms with E-state index < -0.39 is 0 Å². The van der Waals surface area contributed by atoms with E-state index >= 15 is 0 Å². The van der Waals surface area contributed by atoms with Crippen molar-refractivity contribution in [3.8, 4) is 17.2 Å². The van der Waals surface area contributed by atoms with Gasteiger partial charge in [0, 0.05) is 50.1 Å². The molecule has 3 rings (SSSR count). The average Bonchev–Trinajstić information content (AvgIpc) is 2.85. The Labute approximate surface area is 143 Å². The molecular formula is C18H25N3O3. The maximum Gasteiger partial charge on any atom is 0.164 e. The fraction of sp³-hybridized carbons (Fsp3) is 0.500. The Kier molecular flexibility index (Phi) is 5.25. The number of ether oxygens (including phenoxy) is 3. The van der Waals surface area contributed by atoms with E-state index in [1.807, 2.05) is 31.5 Å². The normalized spacial score (nSPS) is 13.8. The van der Waals surface area contributed by atoms with Crippen LogP contribution in [0.2, 0.25) is 0 Å². The van der Waals surface area contributed by atoms with Gasteiger partial charge in [0.05, 0.1) is 20.3 Å². The first-order chi connectivity index (χ1) is 11.7. The number of rotatable bonds is 6. The van der Waals surface area contributed by atoms with E-state index in [9.17, 15) is 0 Å². The first-order valence-corrected chi connectivity index (χ1v) is 8.30. The lowest BCUT2D eigenvalue weighted by Gasteiger charge is -2.20. The molecule has 1 aromatic carbocycles. The van der Waals surface area contributed by atoms with E-state index in [-0.39, 0.29) is 0 Å². The highest BCUT2D eigenvalue weighted by Crippen LogP contribution is 2.36. The summed E-state index contributed by atoms with van der Waals surface area (Å²) in [4.78, 5) is 6.52. The Morgan fingerprint density at radius 2 is 2.00 bits per heavy atom. The van der Waals surface area contributed by atoms with Gasteiger partial charge in [-0.05, 0) is 20.0 Å². The second-order valence-corrected chi connectivity index (χ2v) is 6.07. The van der Waals surface area contributed by atoms with Crippen LogP contribution in [0.5, 0.6) is 17.2 Å². The number of benzene rings is 1. The van der Waals surface area contributed by atoms with Crippen LogP contribution >= 0.6 is 0 Å². The summed E-state index contributed by atoms with van der Waals surface area (Å²) in [6.07, 6.45) is 4.75. The van der Waals surface area contributed by atoms with Crippen molar-refractivity contribution in [3.05, 3.63) is 35.9 Å². The maximum atomic E-state index is 5.79. The van der Waals surface area contributed by atoms with Crippen molar-refractivity contribution in [3.63, 3.8) is 0 Å². The molecule has 0 bridgehead atoms. The number of aryl methyl sites for hydroxylation is 1. The standard InChI is InChI=1S/C18H25N3O3/c1-14-19-5-6-21(14)8-7-20(2)13-15-11-17-18(12-16(15)22-3)24-10-4-9-23-17/h5-6,11-12H,4,7-10,13H2,1-3H3. The quantitative estimate of drug-likeness (QED) is 0.814. The highest BCUT2D eigenvalue weighted by Gasteiger charge is 2.16. The zero-order valence-electron chi connectivity index (χ0n) is 14.6. The van der Waals surface area contributed by atoms with Crippen molar-refractivity contribution in [2.45, 2.75) is 26.4 Å². The molecule has 0 aliphatic carbocycles. The van der Waals surface area contributed by atoms with Crippen LogP contribution in [0, 0.1) is 6.92 Å². The first-order valence-electron chi connectivity index (χ1n) is 8.30. The summed E-state index contributed by atoms with van der Waals surface area (Å²) in [6, 6.07) is 3.97. The van der Waals surface area contributed by atoms with Crippen LogP contribution in [0.25, 0.3) is 0 Å². The highest BCUT2D eigenvalue weighted by atomic mass is 16.5. The van der Waals surface area contributed by atoms with Gasteiger partial charge in [-0.25, -0.2) is 4.98 Å². The summed E-state index contributed by atoms with van der Waals surface area (Å²) in [5.74, 6) is 3.45. The first kappa shape index (κ1) is 16.6. The summed E-state index contributed by atoms with van der Waals surface area (Å²) in [6.45, 7) is 6.01.